The Morgan fingerprint density at radius 3 is 2.68 bits per heavy atom. The lowest BCUT2D eigenvalue weighted by molar-refractivity contribution is 0.215. The minimum absolute atomic E-state index is 0.674. The van der Waals surface area contributed by atoms with Gasteiger partial charge in [-0.3, -0.25) is 0 Å². The van der Waals surface area contributed by atoms with Crippen LogP contribution in [0.3, 0.4) is 0 Å². The number of methoxy groups -OCH3 is 1. The number of rotatable bonds is 5. The van der Waals surface area contributed by atoms with Crippen LogP contribution in [-0.2, 0) is 6.54 Å². The van der Waals surface area contributed by atoms with Crippen LogP contribution in [0.5, 0.6) is 5.75 Å². The molecule has 0 spiro atoms. The van der Waals surface area contributed by atoms with Gasteiger partial charge in [-0.15, -0.1) is 0 Å². The second-order valence-electron chi connectivity index (χ2n) is 5.79. The molecule has 3 heteroatoms. The summed E-state index contributed by atoms with van der Waals surface area (Å²) in [6, 6.07) is 9.06. The molecule has 2 unspecified atom stereocenters. The summed E-state index contributed by atoms with van der Waals surface area (Å²) < 4.78 is 5.19. The van der Waals surface area contributed by atoms with E-state index < -0.39 is 0 Å². The highest BCUT2D eigenvalue weighted by Crippen LogP contribution is 2.18. The predicted octanol–water partition coefficient (Wildman–Crippen LogP) is 2.52. The fourth-order valence-corrected chi connectivity index (χ4v) is 2.95. The molecule has 0 amide bonds. The molecule has 1 aliphatic rings. The van der Waals surface area contributed by atoms with Gasteiger partial charge in [-0.05, 0) is 57.0 Å². The van der Waals surface area contributed by atoms with Crippen molar-refractivity contribution in [3.63, 3.8) is 0 Å². The molecule has 1 heterocycles. The maximum atomic E-state index is 5.19. The second kappa shape index (κ2) is 6.92. The second-order valence-corrected chi connectivity index (χ2v) is 5.79. The van der Waals surface area contributed by atoms with Crippen molar-refractivity contribution >= 4 is 0 Å². The Bertz CT molecular complexity index is 377. The molecular formula is C16H26N2O. The average Bonchev–Trinajstić information content (AvgIpc) is 2.39. The lowest BCUT2D eigenvalue weighted by Gasteiger charge is -2.31. The molecule has 2 rings (SSSR count). The summed E-state index contributed by atoms with van der Waals surface area (Å²) in [4.78, 5) is 2.44. The van der Waals surface area contributed by atoms with E-state index in [4.69, 9.17) is 4.74 Å². The fourth-order valence-electron chi connectivity index (χ4n) is 2.95. The van der Waals surface area contributed by atoms with Gasteiger partial charge in [0, 0.05) is 19.1 Å². The summed E-state index contributed by atoms with van der Waals surface area (Å²) in [5.74, 6) is 1.76. The van der Waals surface area contributed by atoms with E-state index in [-0.39, 0.29) is 0 Å². The smallest absolute Gasteiger partial charge is 0.118 e. The van der Waals surface area contributed by atoms with Crippen LogP contribution in [0.4, 0.5) is 0 Å². The van der Waals surface area contributed by atoms with Crippen LogP contribution in [0.2, 0.25) is 0 Å². The van der Waals surface area contributed by atoms with Gasteiger partial charge in [-0.2, -0.15) is 0 Å². The van der Waals surface area contributed by atoms with Gasteiger partial charge in [0.05, 0.1) is 7.11 Å². The van der Waals surface area contributed by atoms with Crippen molar-refractivity contribution in [2.75, 3.05) is 27.2 Å². The lowest BCUT2D eigenvalue weighted by atomic mass is 9.93. The number of nitrogens with zero attached hydrogens (tertiary/aromatic N) is 1. The standard InChI is InChI=1S/C16H26N2O/c1-13-10-15(8-9-17-13)12-18(2)11-14-4-6-16(19-3)7-5-14/h4-7,13,15,17H,8-12H2,1-3H3. The average molecular weight is 262 g/mol. The number of ether oxygens (including phenoxy) is 1. The molecule has 2 atom stereocenters. The van der Waals surface area contributed by atoms with E-state index >= 15 is 0 Å². The summed E-state index contributed by atoms with van der Waals surface area (Å²) in [6.07, 6.45) is 2.60. The highest BCUT2D eigenvalue weighted by Gasteiger charge is 2.19. The van der Waals surface area contributed by atoms with Crippen LogP contribution in [0.15, 0.2) is 24.3 Å². The number of nitrogens with one attached hydrogen (secondary N) is 1. The number of benzene rings is 1. The van der Waals surface area contributed by atoms with Crippen molar-refractivity contribution < 1.29 is 4.74 Å². The van der Waals surface area contributed by atoms with Crippen molar-refractivity contribution in [3.8, 4) is 5.75 Å². The molecule has 0 aromatic heterocycles. The van der Waals surface area contributed by atoms with E-state index in [1.165, 1.54) is 31.5 Å². The molecule has 0 radical (unpaired) electrons. The first-order chi connectivity index (χ1) is 9.17. The van der Waals surface area contributed by atoms with E-state index in [9.17, 15) is 0 Å². The molecule has 3 nitrogen and oxygen atoms in total. The van der Waals surface area contributed by atoms with Crippen molar-refractivity contribution in [1.82, 2.24) is 10.2 Å². The van der Waals surface area contributed by atoms with Gasteiger partial charge in [-0.1, -0.05) is 12.1 Å². The predicted molar refractivity (Wildman–Crippen MR) is 79.5 cm³/mol. The van der Waals surface area contributed by atoms with E-state index in [2.05, 4.69) is 36.3 Å². The Morgan fingerprint density at radius 2 is 2.05 bits per heavy atom. The van der Waals surface area contributed by atoms with Gasteiger partial charge < -0.3 is 15.0 Å². The number of hydrogen-bond acceptors (Lipinski definition) is 3. The molecule has 0 saturated carbocycles. The zero-order chi connectivity index (χ0) is 13.7. The minimum atomic E-state index is 0.674. The summed E-state index contributed by atoms with van der Waals surface area (Å²) in [5.41, 5.74) is 1.35. The van der Waals surface area contributed by atoms with Gasteiger partial charge in [0.1, 0.15) is 5.75 Å². The van der Waals surface area contributed by atoms with Gasteiger partial charge in [-0.25, -0.2) is 0 Å². The largest absolute Gasteiger partial charge is 0.497 e. The molecule has 1 aliphatic heterocycles. The van der Waals surface area contributed by atoms with Gasteiger partial charge >= 0.3 is 0 Å². The third-order valence-electron chi connectivity index (χ3n) is 3.91. The van der Waals surface area contributed by atoms with Crippen LogP contribution >= 0.6 is 0 Å². The van der Waals surface area contributed by atoms with E-state index in [0.29, 0.717) is 6.04 Å². The molecule has 1 fully saturated rings. The maximum Gasteiger partial charge on any atom is 0.118 e. The summed E-state index contributed by atoms with van der Waals surface area (Å²) in [6.45, 7) is 5.66. The topological polar surface area (TPSA) is 24.5 Å². The number of piperidine rings is 1. The minimum Gasteiger partial charge on any atom is -0.497 e. The maximum absolute atomic E-state index is 5.19. The molecule has 19 heavy (non-hydrogen) atoms. The Labute approximate surface area is 116 Å². The van der Waals surface area contributed by atoms with Gasteiger partial charge in [0.15, 0.2) is 0 Å². The highest BCUT2D eigenvalue weighted by molar-refractivity contribution is 5.27. The molecule has 0 aliphatic carbocycles. The van der Waals surface area contributed by atoms with Crippen molar-refractivity contribution in [1.29, 1.82) is 0 Å². The summed E-state index contributed by atoms with van der Waals surface area (Å²) >= 11 is 0. The summed E-state index contributed by atoms with van der Waals surface area (Å²) in [7, 11) is 3.93. The van der Waals surface area contributed by atoms with Gasteiger partial charge in [0.25, 0.3) is 0 Å². The van der Waals surface area contributed by atoms with Crippen LogP contribution in [0.1, 0.15) is 25.3 Å². The van der Waals surface area contributed by atoms with Crippen LogP contribution < -0.4 is 10.1 Å². The van der Waals surface area contributed by atoms with Crippen molar-refractivity contribution in [2.45, 2.75) is 32.4 Å². The fraction of sp³-hybridized carbons (Fsp3) is 0.625. The summed E-state index contributed by atoms with van der Waals surface area (Å²) in [5, 5.41) is 3.52. The SMILES string of the molecule is COc1ccc(CN(C)CC2CCNC(C)C2)cc1. The zero-order valence-electron chi connectivity index (χ0n) is 12.4. The molecule has 1 aromatic rings. The molecule has 1 N–H and O–H groups in total. The zero-order valence-corrected chi connectivity index (χ0v) is 12.4. The molecule has 1 aromatic carbocycles. The Hall–Kier alpha value is -1.06. The normalized spacial score (nSPS) is 23.6. The van der Waals surface area contributed by atoms with Gasteiger partial charge in [0.2, 0.25) is 0 Å². The van der Waals surface area contributed by atoms with E-state index in [1.807, 2.05) is 12.1 Å². The first-order valence-corrected chi connectivity index (χ1v) is 7.22. The Balaban J connectivity index is 1.81. The lowest BCUT2D eigenvalue weighted by Crippen LogP contribution is -2.39. The molecular weight excluding hydrogens is 236 g/mol. The highest BCUT2D eigenvalue weighted by atomic mass is 16.5. The third kappa shape index (κ3) is 4.51. The quantitative estimate of drug-likeness (QED) is 0.882. The first-order valence-electron chi connectivity index (χ1n) is 7.22. The Kier molecular flexibility index (Phi) is 5.23. The molecule has 1 saturated heterocycles. The van der Waals surface area contributed by atoms with E-state index in [0.717, 1.165) is 18.2 Å². The van der Waals surface area contributed by atoms with E-state index in [1.54, 1.807) is 7.11 Å². The van der Waals surface area contributed by atoms with Crippen molar-refractivity contribution in [3.05, 3.63) is 29.8 Å². The van der Waals surface area contributed by atoms with Crippen molar-refractivity contribution in [2.24, 2.45) is 5.92 Å². The Morgan fingerprint density at radius 1 is 1.32 bits per heavy atom. The molecule has 106 valence electrons. The monoisotopic (exact) mass is 262 g/mol. The van der Waals surface area contributed by atoms with Crippen LogP contribution in [0.25, 0.3) is 0 Å². The van der Waals surface area contributed by atoms with Crippen LogP contribution in [0, 0.1) is 5.92 Å². The van der Waals surface area contributed by atoms with Crippen LogP contribution in [-0.4, -0.2) is 38.2 Å². The first kappa shape index (κ1) is 14.4. The molecule has 0 bridgehead atoms. The third-order valence-corrected chi connectivity index (χ3v) is 3.91. The number of hydrogen-bond donors (Lipinski definition) is 1.